The number of hydrogen-bond donors (Lipinski definition) is 0. The van der Waals surface area contributed by atoms with Crippen LogP contribution in [0.3, 0.4) is 0 Å². The summed E-state index contributed by atoms with van der Waals surface area (Å²) in [6.07, 6.45) is 1.46. The molecule has 2 rings (SSSR count). The lowest BCUT2D eigenvalue weighted by atomic mass is 10.2. The maximum atomic E-state index is 10.9. The van der Waals surface area contributed by atoms with Crippen LogP contribution in [0, 0.1) is 0 Å². The van der Waals surface area contributed by atoms with Crippen LogP contribution in [0.2, 0.25) is 10.0 Å². The van der Waals surface area contributed by atoms with E-state index >= 15 is 0 Å². The second kappa shape index (κ2) is 4.49. The van der Waals surface area contributed by atoms with E-state index in [-0.39, 0.29) is 16.3 Å². The van der Waals surface area contributed by atoms with E-state index in [4.69, 9.17) is 33.9 Å². The summed E-state index contributed by atoms with van der Waals surface area (Å²) in [5.74, 6) is -0.137. The minimum absolute atomic E-state index is 0.0189. The Bertz CT molecular complexity index is 687. The lowest BCUT2D eigenvalue weighted by Gasteiger charge is -2.08. The number of pyridine rings is 1. The quantitative estimate of drug-likeness (QED) is 0.797. The van der Waals surface area contributed by atoms with Crippen molar-refractivity contribution in [2.24, 2.45) is 0 Å². The monoisotopic (exact) mass is 311 g/mol. The van der Waals surface area contributed by atoms with Crippen molar-refractivity contribution < 1.29 is 12.6 Å². The van der Waals surface area contributed by atoms with Crippen molar-refractivity contribution in [2.45, 2.75) is 0 Å². The van der Waals surface area contributed by atoms with Crippen molar-refractivity contribution >= 4 is 54.1 Å². The lowest BCUT2D eigenvalue weighted by Crippen LogP contribution is -2.01. The Morgan fingerprint density at radius 3 is 2.59 bits per heavy atom. The Balaban J connectivity index is 2.78. The maximum Gasteiger partial charge on any atom is 0.401 e. The van der Waals surface area contributed by atoms with E-state index in [9.17, 15) is 8.42 Å². The molecule has 1 aromatic heterocycles. The van der Waals surface area contributed by atoms with E-state index < -0.39 is 9.33 Å². The summed E-state index contributed by atoms with van der Waals surface area (Å²) in [6, 6.07) is 4.68. The normalized spacial score (nSPS) is 11.7. The number of fused-ring (bicyclic) bond motifs is 1. The van der Waals surface area contributed by atoms with Crippen molar-refractivity contribution in [1.82, 2.24) is 4.98 Å². The first kappa shape index (κ1) is 12.7. The SMILES string of the molecule is O=S(=O)(Cl)Oc1c(Cl)cc(Cl)c2cccnc12. The van der Waals surface area contributed by atoms with Gasteiger partial charge in [-0.25, -0.2) is 0 Å². The van der Waals surface area contributed by atoms with Crippen LogP contribution < -0.4 is 4.18 Å². The minimum Gasteiger partial charge on any atom is -0.367 e. The van der Waals surface area contributed by atoms with Crippen molar-refractivity contribution in [3.05, 3.63) is 34.4 Å². The Morgan fingerprint density at radius 1 is 1.24 bits per heavy atom. The van der Waals surface area contributed by atoms with Gasteiger partial charge in [-0.2, -0.15) is 8.42 Å². The van der Waals surface area contributed by atoms with Crippen molar-refractivity contribution in [3.8, 4) is 5.75 Å². The van der Waals surface area contributed by atoms with Gasteiger partial charge < -0.3 is 4.18 Å². The first-order chi connectivity index (χ1) is 7.88. The molecule has 0 aliphatic rings. The Morgan fingerprint density at radius 2 is 1.94 bits per heavy atom. The molecule has 0 bridgehead atoms. The fraction of sp³-hybridized carbons (Fsp3) is 0. The van der Waals surface area contributed by atoms with Gasteiger partial charge in [-0.15, -0.1) is 0 Å². The first-order valence-corrected chi connectivity index (χ1v) is 7.24. The summed E-state index contributed by atoms with van der Waals surface area (Å²) < 4.78 is 26.4. The van der Waals surface area contributed by atoms with Crippen LogP contribution in [-0.4, -0.2) is 13.4 Å². The number of hydrogen-bond acceptors (Lipinski definition) is 4. The van der Waals surface area contributed by atoms with Gasteiger partial charge in [0.25, 0.3) is 0 Å². The summed E-state index contributed by atoms with van der Waals surface area (Å²) in [5, 5.41) is 0.886. The molecule has 0 amide bonds. The van der Waals surface area contributed by atoms with E-state index in [1.807, 2.05) is 0 Å². The first-order valence-electron chi connectivity index (χ1n) is 4.25. The third-order valence-corrected chi connectivity index (χ3v) is 3.08. The van der Waals surface area contributed by atoms with Gasteiger partial charge >= 0.3 is 9.33 Å². The predicted molar refractivity (Wildman–Crippen MR) is 67.2 cm³/mol. The molecular weight excluding hydrogens is 309 g/mol. The summed E-state index contributed by atoms with van der Waals surface area (Å²) in [5.41, 5.74) is 0.231. The van der Waals surface area contributed by atoms with E-state index in [0.717, 1.165) is 0 Å². The molecule has 0 fully saturated rings. The lowest BCUT2D eigenvalue weighted by molar-refractivity contribution is 0.506. The van der Waals surface area contributed by atoms with E-state index in [1.165, 1.54) is 12.3 Å². The van der Waals surface area contributed by atoms with Crippen LogP contribution in [0.15, 0.2) is 24.4 Å². The van der Waals surface area contributed by atoms with Crippen molar-refractivity contribution in [3.63, 3.8) is 0 Å². The number of aromatic nitrogens is 1. The van der Waals surface area contributed by atoms with Crippen molar-refractivity contribution in [1.29, 1.82) is 0 Å². The molecular formula is C9H4Cl3NO3S. The molecule has 8 heteroatoms. The molecule has 0 spiro atoms. The molecule has 0 unspecified atom stereocenters. The van der Waals surface area contributed by atoms with E-state index in [2.05, 4.69) is 9.17 Å². The molecule has 90 valence electrons. The van der Waals surface area contributed by atoms with Gasteiger partial charge in [-0.1, -0.05) is 23.2 Å². The van der Waals surface area contributed by atoms with Crippen molar-refractivity contribution in [2.75, 3.05) is 0 Å². The van der Waals surface area contributed by atoms with Crippen LogP contribution in [0.1, 0.15) is 0 Å². The number of rotatable bonds is 2. The standard InChI is InChI=1S/C9H4Cl3NO3S/c10-6-4-7(11)9(16-17(12,14)15)8-5(6)2-1-3-13-8/h1-4H. The average Bonchev–Trinajstić information content (AvgIpc) is 2.23. The Labute approximate surface area is 112 Å². The zero-order chi connectivity index (χ0) is 12.6. The molecule has 0 N–H and O–H groups in total. The van der Waals surface area contributed by atoms with Crippen LogP contribution in [0.4, 0.5) is 0 Å². The van der Waals surface area contributed by atoms with Crippen LogP contribution >= 0.6 is 33.9 Å². The Kier molecular flexibility index (Phi) is 3.36. The predicted octanol–water partition coefficient (Wildman–Crippen LogP) is 3.40. The third-order valence-electron chi connectivity index (χ3n) is 1.93. The summed E-state index contributed by atoms with van der Waals surface area (Å²) >= 11 is 11.8. The number of nitrogens with zero attached hydrogens (tertiary/aromatic N) is 1. The van der Waals surface area contributed by atoms with Gasteiger partial charge in [0.15, 0.2) is 5.75 Å². The zero-order valence-electron chi connectivity index (χ0n) is 8.02. The van der Waals surface area contributed by atoms with Gasteiger partial charge in [0, 0.05) is 11.6 Å². The molecule has 2 aromatic rings. The van der Waals surface area contributed by atoms with Crippen LogP contribution in [0.25, 0.3) is 10.9 Å². The zero-order valence-corrected chi connectivity index (χ0v) is 11.1. The van der Waals surface area contributed by atoms with E-state index in [1.54, 1.807) is 12.1 Å². The summed E-state index contributed by atoms with van der Waals surface area (Å²) in [6.45, 7) is 0. The highest BCUT2D eigenvalue weighted by molar-refractivity contribution is 8.10. The molecule has 0 saturated carbocycles. The number of halogens is 3. The fourth-order valence-electron chi connectivity index (χ4n) is 1.33. The van der Waals surface area contributed by atoms with Gasteiger partial charge in [-0.3, -0.25) is 4.98 Å². The van der Waals surface area contributed by atoms with Gasteiger partial charge in [0.2, 0.25) is 0 Å². The highest BCUT2D eigenvalue weighted by atomic mass is 35.7. The minimum atomic E-state index is -4.20. The smallest absolute Gasteiger partial charge is 0.367 e. The molecule has 0 atom stereocenters. The number of benzene rings is 1. The maximum absolute atomic E-state index is 10.9. The topological polar surface area (TPSA) is 56.3 Å². The molecule has 0 radical (unpaired) electrons. The van der Waals surface area contributed by atoms with Crippen LogP contribution in [0.5, 0.6) is 5.75 Å². The molecule has 0 saturated heterocycles. The Hall–Kier alpha value is -0.750. The van der Waals surface area contributed by atoms with Gasteiger partial charge in [0.1, 0.15) is 5.52 Å². The molecule has 0 aliphatic carbocycles. The molecule has 1 aromatic carbocycles. The van der Waals surface area contributed by atoms with Crippen LogP contribution in [-0.2, 0) is 9.33 Å². The highest BCUT2D eigenvalue weighted by Gasteiger charge is 2.17. The average molecular weight is 313 g/mol. The van der Waals surface area contributed by atoms with E-state index in [0.29, 0.717) is 10.4 Å². The molecule has 1 heterocycles. The fourth-order valence-corrected chi connectivity index (χ4v) is 2.48. The molecule has 0 aliphatic heterocycles. The second-order valence-electron chi connectivity index (χ2n) is 3.05. The second-order valence-corrected chi connectivity index (χ2v) is 5.95. The summed E-state index contributed by atoms with van der Waals surface area (Å²) in [4.78, 5) is 3.97. The third kappa shape index (κ3) is 2.74. The molecule has 4 nitrogen and oxygen atoms in total. The van der Waals surface area contributed by atoms with Gasteiger partial charge in [0.05, 0.1) is 20.7 Å². The molecule has 17 heavy (non-hydrogen) atoms. The van der Waals surface area contributed by atoms with Gasteiger partial charge in [-0.05, 0) is 18.2 Å². The highest BCUT2D eigenvalue weighted by Crippen LogP contribution is 2.37. The largest absolute Gasteiger partial charge is 0.401 e. The summed E-state index contributed by atoms with van der Waals surface area (Å²) in [7, 11) is 0.811.